The Morgan fingerprint density at radius 2 is 2.17 bits per heavy atom. The molecular weight excluding hydrogens is 250 g/mol. The molecule has 1 aromatic rings. The second-order valence-electron chi connectivity index (χ2n) is 4.20. The molecular formula is C13H21NO3S. The summed E-state index contributed by atoms with van der Waals surface area (Å²) in [6.07, 6.45) is 0. The molecule has 1 aromatic heterocycles. The summed E-state index contributed by atoms with van der Waals surface area (Å²) < 4.78 is 10.5. The molecule has 0 aliphatic rings. The molecule has 0 saturated carbocycles. The van der Waals surface area contributed by atoms with Crippen molar-refractivity contribution in [3.63, 3.8) is 0 Å². The van der Waals surface area contributed by atoms with E-state index in [1.165, 1.54) is 11.8 Å². The number of nitrogens with one attached hydrogen (secondary N) is 1. The van der Waals surface area contributed by atoms with Gasteiger partial charge in [0.15, 0.2) is 0 Å². The molecule has 0 aliphatic carbocycles. The van der Waals surface area contributed by atoms with E-state index in [0.717, 1.165) is 18.1 Å². The molecule has 1 rings (SSSR count). The standard InChI is InChI=1S/C13H21NO3S/c1-4-16-13(15)9-18-8-12-6-5-11(17-12)7-14-10(2)3/h5-6,10,14H,4,7-9H2,1-3H3. The molecule has 4 nitrogen and oxygen atoms in total. The van der Waals surface area contributed by atoms with E-state index in [0.29, 0.717) is 24.2 Å². The quantitative estimate of drug-likeness (QED) is 0.736. The third-order valence-corrected chi connectivity index (χ3v) is 3.10. The van der Waals surface area contributed by atoms with Crippen molar-refractivity contribution in [2.45, 2.75) is 39.1 Å². The summed E-state index contributed by atoms with van der Waals surface area (Å²) in [6, 6.07) is 4.36. The minimum atomic E-state index is -0.171. The summed E-state index contributed by atoms with van der Waals surface area (Å²) in [4.78, 5) is 11.1. The zero-order chi connectivity index (χ0) is 13.4. The van der Waals surface area contributed by atoms with Crippen LogP contribution in [0.3, 0.4) is 0 Å². The molecule has 0 spiro atoms. The zero-order valence-corrected chi connectivity index (χ0v) is 12.0. The third-order valence-electron chi connectivity index (χ3n) is 2.17. The minimum Gasteiger partial charge on any atom is -0.465 e. The molecule has 0 fully saturated rings. The highest BCUT2D eigenvalue weighted by molar-refractivity contribution is 7.99. The molecule has 0 saturated heterocycles. The van der Waals surface area contributed by atoms with Crippen LogP contribution >= 0.6 is 11.8 Å². The van der Waals surface area contributed by atoms with E-state index in [1.54, 1.807) is 0 Å². The predicted molar refractivity (Wildman–Crippen MR) is 73.5 cm³/mol. The maximum atomic E-state index is 11.1. The van der Waals surface area contributed by atoms with E-state index in [9.17, 15) is 4.79 Å². The highest BCUT2D eigenvalue weighted by Gasteiger charge is 2.05. The summed E-state index contributed by atoms with van der Waals surface area (Å²) in [5.41, 5.74) is 0. The van der Waals surface area contributed by atoms with Crippen LogP contribution in [0.4, 0.5) is 0 Å². The van der Waals surface area contributed by atoms with Crippen LogP contribution in [0.25, 0.3) is 0 Å². The van der Waals surface area contributed by atoms with Crippen LogP contribution in [-0.2, 0) is 21.8 Å². The number of furan rings is 1. The van der Waals surface area contributed by atoms with Gasteiger partial charge in [-0.05, 0) is 19.1 Å². The summed E-state index contributed by atoms with van der Waals surface area (Å²) in [6.45, 7) is 7.17. The van der Waals surface area contributed by atoms with Crippen LogP contribution < -0.4 is 5.32 Å². The number of carbonyl (C=O) groups is 1. The molecule has 0 radical (unpaired) electrons. The minimum absolute atomic E-state index is 0.171. The first-order chi connectivity index (χ1) is 8.61. The number of rotatable bonds is 8. The summed E-state index contributed by atoms with van der Waals surface area (Å²) >= 11 is 1.50. The van der Waals surface area contributed by atoms with Crippen LogP contribution in [-0.4, -0.2) is 24.4 Å². The van der Waals surface area contributed by atoms with Crippen molar-refractivity contribution in [3.8, 4) is 0 Å². The lowest BCUT2D eigenvalue weighted by Gasteiger charge is -2.05. The van der Waals surface area contributed by atoms with E-state index < -0.39 is 0 Å². The number of ether oxygens (including phenoxy) is 1. The van der Waals surface area contributed by atoms with E-state index in [2.05, 4.69) is 19.2 Å². The highest BCUT2D eigenvalue weighted by atomic mass is 32.2. The normalized spacial score (nSPS) is 10.9. The van der Waals surface area contributed by atoms with Gasteiger partial charge in [0, 0.05) is 6.04 Å². The van der Waals surface area contributed by atoms with Crippen LogP contribution in [0.2, 0.25) is 0 Å². The van der Waals surface area contributed by atoms with Gasteiger partial charge in [0.1, 0.15) is 11.5 Å². The molecule has 0 atom stereocenters. The van der Waals surface area contributed by atoms with Gasteiger partial charge in [0.05, 0.1) is 24.7 Å². The van der Waals surface area contributed by atoms with E-state index >= 15 is 0 Å². The SMILES string of the molecule is CCOC(=O)CSCc1ccc(CNC(C)C)o1. The molecule has 102 valence electrons. The Balaban J connectivity index is 2.24. The molecule has 1 heterocycles. The first-order valence-corrected chi connectivity index (χ1v) is 7.31. The van der Waals surface area contributed by atoms with Crippen molar-refractivity contribution in [2.75, 3.05) is 12.4 Å². The van der Waals surface area contributed by atoms with Crippen LogP contribution in [0.15, 0.2) is 16.5 Å². The average Bonchev–Trinajstić information content (AvgIpc) is 2.75. The Morgan fingerprint density at radius 1 is 1.44 bits per heavy atom. The second kappa shape index (κ2) is 8.21. The summed E-state index contributed by atoms with van der Waals surface area (Å²) in [5, 5.41) is 3.29. The van der Waals surface area contributed by atoms with Crippen molar-refractivity contribution in [1.82, 2.24) is 5.32 Å². The number of thioether (sulfide) groups is 1. The summed E-state index contributed by atoms with van der Waals surface area (Å²) in [5.74, 6) is 2.71. The van der Waals surface area contributed by atoms with Crippen LogP contribution in [0.5, 0.6) is 0 Å². The molecule has 5 heteroatoms. The average molecular weight is 271 g/mol. The maximum Gasteiger partial charge on any atom is 0.315 e. The molecule has 1 N–H and O–H groups in total. The molecule has 0 aliphatic heterocycles. The number of carbonyl (C=O) groups excluding carboxylic acids is 1. The molecule has 0 aromatic carbocycles. The van der Waals surface area contributed by atoms with E-state index in [4.69, 9.17) is 9.15 Å². The highest BCUT2D eigenvalue weighted by Crippen LogP contribution is 2.15. The lowest BCUT2D eigenvalue weighted by molar-refractivity contribution is -0.139. The number of hydrogen-bond donors (Lipinski definition) is 1. The molecule has 0 amide bonds. The van der Waals surface area contributed by atoms with Crippen molar-refractivity contribution >= 4 is 17.7 Å². The Kier molecular flexibility index (Phi) is 6.90. The van der Waals surface area contributed by atoms with Gasteiger partial charge in [0.2, 0.25) is 0 Å². The van der Waals surface area contributed by atoms with Gasteiger partial charge in [-0.1, -0.05) is 13.8 Å². The van der Waals surface area contributed by atoms with Gasteiger partial charge in [0.25, 0.3) is 0 Å². The Morgan fingerprint density at radius 3 is 2.83 bits per heavy atom. The third kappa shape index (κ3) is 6.12. The van der Waals surface area contributed by atoms with Gasteiger partial charge >= 0.3 is 5.97 Å². The maximum absolute atomic E-state index is 11.1. The zero-order valence-electron chi connectivity index (χ0n) is 11.2. The van der Waals surface area contributed by atoms with Crippen molar-refractivity contribution < 1.29 is 13.9 Å². The van der Waals surface area contributed by atoms with E-state index in [1.807, 2.05) is 19.1 Å². The van der Waals surface area contributed by atoms with E-state index in [-0.39, 0.29) is 5.97 Å². The topological polar surface area (TPSA) is 51.5 Å². The predicted octanol–water partition coefficient (Wildman–Crippen LogP) is 2.57. The number of esters is 1. The fourth-order valence-electron chi connectivity index (χ4n) is 1.34. The van der Waals surface area contributed by atoms with Gasteiger partial charge in [-0.25, -0.2) is 0 Å². The fraction of sp³-hybridized carbons (Fsp3) is 0.615. The molecule has 18 heavy (non-hydrogen) atoms. The fourth-order valence-corrected chi connectivity index (χ4v) is 2.05. The van der Waals surface area contributed by atoms with Crippen LogP contribution in [0, 0.1) is 0 Å². The monoisotopic (exact) mass is 271 g/mol. The number of hydrogen-bond acceptors (Lipinski definition) is 5. The van der Waals surface area contributed by atoms with Gasteiger partial charge in [-0.3, -0.25) is 4.79 Å². The van der Waals surface area contributed by atoms with Gasteiger partial charge in [-0.15, -0.1) is 11.8 Å². The largest absolute Gasteiger partial charge is 0.465 e. The Labute approximate surface area is 112 Å². The van der Waals surface area contributed by atoms with Crippen molar-refractivity contribution in [1.29, 1.82) is 0 Å². The first-order valence-electron chi connectivity index (χ1n) is 6.16. The smallest absolute Gasteiger partial charge is 0.315 e. The second-order valence-corrected chi connectivity index (χ2v) is 5.19. The van der Waals surface area contributed by atoms with Crippen LogP contribution in [0.1, 0.15) is 32.3 Å². The lowest BCUT2D eigenvalue weighted by atomic mass is 10.3. The van der Waals surface area contributed by atoms with Crippen molar-refractivity contribution in [2.24, 2.45) is 0 Å². The molecule has 0 unspecified atom stereocenters. The van der Waals surface area contributed by atoms with Gasteiger partial charge < -0.3 is 14.5 Å². The van der Waals surface area contributed by atoms with Gasteiger partial charge in [-0.2, -0.15) is 0 Å². The Hall–Kier alpha value is -0.940. The summed E-state index contributed by atoms with van der Waals surface area (Å²) in [7, 11) is 0. The Bertz CT molecular complexity index is 363. The lowest BCUT2D eigenvalue weighted by Crippen LogP contribution is -2.21. The van der Waals surface area contributed by atoms with Crippen molar-refractivity contribution in [3.05, 3.63) is 23.7 Å². The molecule has 0 bridgehead atoms. The first kappa shape index (κ1) is 15.1.